The maximum atomic E-state index is 2.29. The Kier molecular flexibility index (Phi) is 2.87. The zero-order valence-corrected chi connectivity index (χ0v) is 8.74. The van der Waals surface area contributed by atoms with Gasteiger partial charge in [0.25, 0.3) is 0 Å². The Bertz CT molecular complexity index is 367. The van der Waals surface area contributed by atoms with Crippen LogP contribution in [0.3, 0.4) is 0 Å². The molecule has 1 nitrogen and oxygen atoms in total. The fourth-order valence-corrected chi connectivity index (χ4v) is 1.83. The van der Waals surface area contributed by atoms with Gasteiger partial charge in [0.2, 0.25) is 0 Å². The van der Waals surface area contributed by atoms with Crippen molar-refractivity contribution in [2.75, 3.05) is 0 Å². The van der Waals surface area contributed by atoms with Gasteiger partial charge in [0.05, 0.1) is 0 Å². The fourth-order valence-electron chi connectivity index (χ4n) is 1.83. The van der Waals surface area contributed by atoms with Gasteiger partial charge in [0.15, 0.2) is 0 Å². The van der Waals surface area contributed by atoms with Crippen molar-refractivity contribution in [2.45, 2.75) is 32.6 Å². The highest BCUT2D eigenvalue weighted by Gasteiger charge is 1.97. The lowest BCUT2D eigenvalue weighted by Gasteiger charge is -1.94. The van der Waals surface area contributed by atoms with E-state index in [9.17, 15) is 0 Å². The maximum absolute atomic E-state index is 2.29. The van der Waals surface area contributed by atoms with Gasteiger partial charge in [0.1, 0.15) is 0 Å². The molecule has 0 aliphatic carbocycles. The zero-order valence-electron chi connectivity index (χ0n) is 8.74. The van der Waals surface area contributed by atoms with E-state index in [1.165, 1.54) is 36.8 Å². The molecule has 2 aromatic heterocycles. The molecule has 74 valence electrons. The predicted octanol–water partition coefficient (Wildman–Crippen LogP) is 3.67. The second-order valence-electron chi connectivity index (χ2n) is 3.84. The van der Waals surface area contributed by atoms with Crippen LogP contribution >= 0.6 is 0 Å². The lowest BCUT2D eigenvalue weighted by molar-refractivity contribution is 0.717. The summed E-state index contributed by atoms with van der Waals surface area (Å²) in [5, 5.41) is 0. The molecular weight excluding hydrogens is 170 g/mol. The van der Waals surface area contributed by atoms with Gasteiger partial charge in [-0.3, -0.25) is 0 Å². The van der Waals surface area contributed by atoms with E-state index >= 15 is 0 Å². The van der Waals surface area contributed by atoms with Gasteiger partial charge in [0, 0.05) is 17.9 Å². The van der Waals surface area contributed by atoms with Crippen LogP contribution in [0.1, 0.15) is 31.7 Å². The van der Waals surface area contributed by atoms with E-state index in [2.05, 4.69) is 48.0 Å². The molecule has 0 amide bonds. The van der Waals surface area contributed by atoms with Gasteiger partial charge >= 0.3 is 0 Å². The maximum Gasteiger partial charge on any atom is 0.0452 e. The number of aryl methyl sites for hydroxylation is 1. The standard InChI is InChI=1S/C13H17N/c1-2-3-4-7-12-10-13-8-5-6-9-14(13)11-12/h5-6,8-11H,2-4,7H2,1H3. The molecule has 0 spiro atoms. The van der Waals surface area contributed by atoms with Gasteiger partial charge in [-0.1, -0.05) is 25.8 Å². The van der Waals surface area contributed by atoms with E-state index < -0.39 is 0 Å². The highest BCUT2D eigenvalue weighted by atomic mass is 14.8. The quantitative estimate of drug-likeness (QED) is 0.643. The Morgan fingerprint density at radius 3 is 2.93 bits per heavy atom. The van der Waals surface area contributed by atoms with Gasteiger partial charge in [-0.25, -0.2) is 0 Å². The van der Waals surface area contributed by atoms with E-state index in [1.807, 2.05) is 0 Å². The topological polar surface area (TPSA) is 4.41 Å². The number of nitrogens with zero attached hydrogens (tertiary/aromatic N) is 1. The van der Waals surface area contributed by atoms with Crippen LogP contribution in [0.5, 0.6) is 0 Å². The molecule has 0 N–H and O–H groups in total. The molecule has 14 heavy (non-hydrogen) atoms. The minimum absolute atomic E-state index is 1.22. The van der Waals surface area contributed by atoms with Crippen molar-refractivity contribution in [3.8, 4) is 0 Å². The van der Waals surface area contributed by atoms with Crippen LogP contribution in [-0.4, -0.2) is 4.40 Å². The minimum Gasteiger partial charge on any atom is -0.324 e. The average molecular weight is 187 g/mol. The first kappa shape index (κ1) is 9.32. The Hall–Kier alpha value is -1.24. The van der Waals surface area contributed by atoms with Crippen LogP contribution in [0, 0.1) is 0 Å². The van der Waals surface area contributed by atoms with Crippen LogP contribution in [-0.2, 0) is 6.42 Å². The fraction of sp³-hybridized carbons (Fsp3) is 0.385. The average Bonchev–Trinajstić information content (AvgIpc) is 2.60. The summed E-state index contributed by atoms with van der Waals surface area (Å²) in [4.78, 5) is 0. The lowest BCUT2D eigenvalue weighted by Crippen LogP contribution is -1.81. The van der Waals surface area contributed by atoms with Gasteiger partial charge < -0.3 is 4.40 Å². The molecule has 0 fully saturated rings. The number of aromatic nitrogens is 1. The molecule has 2 heterocycles. The Balaban J connectivity index is 2.11. The second-order valence-corrected chi connectivity index (χ2v) is 3.84. The van der Waals surface area contributed by atoms with E-state index in [-0.39, 0.29) is 0 Å². The first-order valence-corrected chi connectivity index (χ1v) is 5.46. The van der Waals surface area contributed by atoms with Crippen molar-refractivity contribution in [1.29, 1.82) is 0 Å². The highest BCUT2D eigenvalue weighted by Crippen LogP contribution is 2.12. The summed E-state index contributed by atoms with van der Waals surface area (Å²) in [6.07, 6.45) is 9.52. The van der Waals surface area contributed by atoms with Gasteiger partial charge in [-0.2, -0.15) is 0 Å². The first-order chi connectivity index (χ1) is 6.90. The number of fused-ring (bicyclic) bond motifs is 1. The van der Waals surface area contributed by atoms with Crippen molar-refractivity contribution in [1.82, 2.24) is 4.40 Å². The Labute approximate surface area is 85.4 Å². The molecule has 0 bridgehead atoms. The number of unbranched alkanes of at least 4 members (excludes halogenated alkanes) is 2. The number of pyridine rings is 1. The largest absolute Gasteiger partial charge is 0.324 e. The summed E-state index contributed by atoms with van der Waals surface area (Å²) in [6, 6.07) is 8.60. The smallest absolute Gasteiger partial charge is 0.0452 e. The summed E-state index contributed by atoms with van der Waals surface area (Å²) in [6.45, 7) is 2.25. The number of hydrogen-bond acceptors (Lipinski definition) is 0. The monoisotopic (exact) mass is 187 g/mol. The molecule has 0 aliphatic rings. The molecule has 1 heteroatoms. The second kappa shape index (κ2) is 4.32. The third-order valence-corrected chi connectivity index (χ3v) is 2.63. The van der Waals surface area contributed by atoms with Gasteiger partial charge in [-0.05, 0) is 36.6 Å². The molecule has 0 saturated carbocycles. The Morgan fingerprint density at radius 1 is 1.21 bits per heavy atom. The summed E-state index contributed by atoms with van der Waals surface area (Å²) in [5.41, 5.74) is 2.77. The van der Waals surface area contributed by atoms with Crippen LogP contribution in [0.25, 0.3) is 5.52 Å². The molecule has 0 aromatic carbocycles. The zero-order chi connectivity index (χ0) is 9.80. The van der Waals surface area contributed by atoms with Crippen LogP contribution in [0.2, 0.25) is 0 Å². The van der Waals surface area contributed by atoms with Crippen molar-refractivity contribution >= 4 is 5.52 Å². The van der Waals surface area contributed by atoms with Crippen LogP contribution in [0.15, 0.2) is 36.7 Å². The third kappa shape index (κ3) is 1.98. The normalized spacial score (nSPS) is 10.9. The van der Waals surface area contributed by atoms with E-state index in [1.54, 1.807) is 0 Å². The number of rotatable bonds is 4. The van der Waals surface area contributed by atoms with Gasteiger partial charge in [-0.15, -0.1) is 0 Å². The molecule has 2 aromatic rings. The molecule has 2 rings (SSSR count). The van der Waals surface area contributed by atoms with E-state index in [4.69, 9.17) is 0 Å². The summed E-state index contributed by atoms with van der Waals surface area (Å²) < 4.78 is 2.20. The SMILES string of the molecule is CCCCCc1cc2ccccn2c1. The molecular formula is C13H17N. The van der Waals surface area contributed by atoms with Crippen LogP contribution in [0.4, 0.5) is 0 Å². The van der Waals surface area contributed by atoms with Crippen molar-refractivity contribution in [3.63, 3.8) is 0 Å². The van der Waals surface area contributed by atoms with E-state index in [0.717, 1.165) is 0 Å². The van der Waals surface area contributed by atoms with Crippen molar-refractivity contribution in [3.05, 3.63) is 42.2 Å². The summed E-state index contributed by atoms with van der Waals surface area (Å²) in [5.74, 6) is 0. The van der Waals surface area contributed by atoms with E-state index in [0.29, 0.717) is 0 Å². The lowest BCUT2D eigenvalue weighted by atomic mass is 10.1. The predicted molar refractivity (Wildman–Crippen MR) is 60.6 cm³/mol. The minimum atomic E-state index is 1.22. The summed E-state index contributed by atoms with van der Waals surface area (Å²) >= 11 is 0. The van der Waals surface area contributed by atoms with Crippen LogP contribution < -0.4 is 0 Å². The third-order valence-electron chi connectivity index (χ3n) is 2.63. The van der Waals surface area contributed by atoms with Crippen molar-refractivity contribution in [2.24, 2.45) is 0 Å². The number of hydrogen-bond donors (Lipinski definition) is 0. The molecule has 0 radical (unpaired) electrons. The first-order valence-electron chi connectivity index (χ1n) is 5.46. The molecule has 0 aliphatic heterocycles. The molecule has 0 atom stereocenters. The summed E-state index contributed by atoms with van der Waals surface area (Å²) in [7, 11) is 0. The Morgan fingerprint density at radius 2 is 2.14 bits per heavy atom. The molecule has 0 unspecified atom stereocenters. The van der Waals surface area contributed by atoms with Crippen molar-refractivity contribution < 1.29 is 0 Å². The molecule has 0 saturated heterocycles. The highest BCUT2D eigenvalue weighted by molar-refractivity contribution is 5.50.